The Balaban J connectivity index is 2.23. The Morgan fingerprint density at radius 1 is 1.22 bits per heavy atom. The van der Waals surface area contributed by atoms with Crippen LogP contribution in [0.25, 0.3) is 0 Å². The fraction of sp³-hybridized carbons (Fsp3) is 0.923. The van der Waals surface area contributed by atoms with Gasteiger partial charge in [-0.05, 0) is 46.2 Å². The van der Waals surface area contributed by atoms with Crippen molar-refractivity contribution in [2.24, 2.45) is 5.41 Å². The van der Waals surface area contributed by atoms with Gasteiger partial charge >= 0.3 is 0 Å². The molecule has 104 valence electrons. The third-order valence-electron chi connectivity index (χ3n) is 3.48. The Morgan fingerprint density at radius 2 is 1.94 bits per heavy atom. The van der Waals surface area contributed by atoms with E-state index in [0.29, 0.717) is 18.1 Å². The van der Waals surface area contributed by atoms with E-state index >= 15 is 0 Å². The Kier molecular flexibility index (Phi) is 5.61. The van der Waals surface area contributed by atoms with Crippen molar-refractivity contribution in [3.8, 4) is 6.07 Å². The van der Waals surface area contributed by atoms with Crippen LogP contribution in [0.1, 0.15) is 39.5 Å². The van der Waals surface area contributed by atoms with Crippen molar-refractivity contribution in [1.29, 1.82) is 5.26 Å². The van der Waals surface area contributed by atoms with Crippen LogP contribution in [0, 0.1) is 16.7 Å². The van der Waals surface area contributed by atoms with E-state index in [1.807, 2.05) is 13.8 Å². The van der Waals surface area contributed by atoms with Gasteiger partial charge < -0.3 is 4.90 Å². The van der Waals surface area contributed by atoms with Gasteiger partial charge in [-0.25, -0.2) is 8.42 Å². The first-order valence-corrected chi connectivity index (χ1v) is 8.51. The minimum absolute atomic E-state index is 0.234. The molecule has 0 N–H and O–H groups in total. The van der Waals surface area contributed by atoms with E-state index in [1.165, 1.54) is 0 Å². The number of rotatable bonds is 5. The van der Waals surface area contributed by atoms with Gasteiger partial charge in [0.15, 0.2) is 9.84 Å². The summed E-state index contributed by atoms with van der Waals surface area (Å²) in [6.45, 7) is 6.44. The van der Waals surface area contributed by atoms with Gasteiger partial charge in [0.25, 0.3) is 0 Å². The van der Waals surface area contributed by atoms with Crippen LogP contribution in [0.2, 0.25) is 0 Å². The first-order chi connectivity index (χ1) is 8.35. The quantitative estimate of drug-likeness (QED) is 0.716. The largest absolute Gasteiger partial charge is 0.302 e. The van der Waals surface area contributed by atoms with E-state index in [4.69, 9.17) is 5.26 Å². The van der Waals surface area contributed by atoms with Crippen molar-refractivity contribution in [1.82, 2.24) is 4.90 Å². The molecule has 1 rings (SSSR count). The Hall–Kier alpha value is -0.600. The molecular weight excluding hydrogens is 248 g/mol. The molecule has 1 aliphatic heterocycles. The number of nitrogens with zero attached hydrogens (tertiary/aromatic N) is 2. The molecule has 0 amide bonds. The monoisotopic (exact) mass is 272 g/mol. The molecule has 0 aromatic heterocycles. The first-order valence-electron chi connectivity index (χ1n) is 6.69. The fourth-order valence-corrected chi connectivity index (χ4v) is 3.48. The minimum atomic E-state index is -2.79. The van der Waals surface area contributed by atoms with Gasteiger partial charge in [-0.2, -0.15) is 5.26 Å². The first kappa shape index (κ1) is 15.5. The molecule has 0 aromatic carbocycles. The average Bonchev–Trinajstić information content (AvgIpc) is 2.46. The van der Waals surface area contributed by atoms with Gasteiger partial charge in [0.1, 0.15) is 0 Å². The highest BCUT2D eigenvalue weighted by Gasteiger charge is 2.19. The summed E-state index contributed by atoms with van der Waals surface area (Å²) in [6, 6.07) is 2.31. The van der Waals surface area contributed by atoms with E-state index in [-0.39, 0.29) is 5.41 Å². The SMILES string of the molecule is CC(C)(C#N)CCCCN1CCCS(=O)(=O)CC1. The predicted octanol–water partition coefficient (Wildman–Crippen LogP) is 1.83. The molecule has 0 spiro atoms. The summed E-state index contributed by atoms with van der Waals surface area (Å²) in [6.07, 6.45) is 3.75. The zero-order chi connectivity index (χ0) is 13.6. The summed E-state index contributed by atoms with van der Waals surface area (Å²) in [5.41, 5.74) is -0.234. The van der Waals surface area contributed by atoms with E-state index in [2.05, 4.69) is 11.0 Å². The van der Waals surface area contributed by atoms with Crippen LogP contribution in [-0.4, -0.2) is 44.5 Å². The molecule has 1 fully saturated rings. The predicted molar refractivity (Wildman–Crippen MR) is 73.0 cm³/mol. The van der Waals surface area contributed by atoms with Gasteiger partial charge in [-0.1, -0.05) is 6.42 Å². The molecule has 0 bridgehead atoms. The van der Waals surface area contributed by atoms with Crippen LogP contribution in [0.15, 0.2) is 0 Å². The highest BCUT2D eigenvalue weighted by atomic mass is 32.2. The molecule has 1 saturated heterocycles. The third kappa shape index (κ3) is 5.83. The van der Waals surface area contributed by atoms with Crippen LogP contribution < -0.4 is 0 Å². The molecule has 1 aliphatic rings. The fourth-order valence-electron chi connectivity index (χ4n) is 2.17. The summed E-state index contributed by atoms with van der Waals surface area (Å²) >= 11 is 0. The Morgan fingerprint density at radius 3 is 2.61 bits per heavy atom. The molecular formula is C13H24N2O2S. The lowest BCUT2D eigenvalue weighted by molar-refractivity contribution is 0.281. The van der Waals surface area contributed by atoms with Gasteiger partial charge in [0.2, 0.25) is 0 Å². The van der Waals surface area contributed by atoms with Crippen molar-refractivity contribution in [2.75, 3.05) is 31.1 Å². The van der Waals surface area contributed by atoms with Crippen molar-refractivity contribution in [2.45, 2.75) is 39.5 Å². The topological polar surface area (TPSA) is 61.2 Å². The summed E-state index contributed by atoms with van der Waals surface area (Å²) in [4.78, 5) is 2.24. The third-order valence-corrected chi connectivity index (χ3v) is 5.19. The molecule has 4 nitrogen and oxygen atoms in total. The molecule has 0 radical (unpaired) electrons. The van der Waals surface area contributed by atoms with Crippen LogP contribution in [0.5, 0.6) is 0 Å². The lowest BCUT2D eigenvalue weighted by Gasteiger charge is -2.20. The molecule has 0 aromatic rings. The molecule has 0 aliphatic carbocycles. The smallest absolute Gasteiger partial charge is 0.151 e. The standard InChI is InChI=1S/C13H24N2O2S/c1-13(2,12-14)6-3-4-7-15-8-5-10-18(16,17)11-9-15/h3-11H2,1-2H3. The Labute approximate surface area is 111 Å². The molecule has 0 atom stereocenters. The molecule has 5 heteroatoms. The van der Waals surface area contributed by atoms with Gasteiger partial charge in [-0.3, -0.25) is 0 Å². The average molecular weight is 272 g/mol. The lowest BCUT2D eigenvalue weighted by atomic mass is 9.89. The van der Waals surface area contributed by atoms with Crippen LogP contribution in [-0.2, 0) is 9.84 Å². The zero-order valence-electron chi connectivity index (χ0n) is 11.5. The molecule has 18 heavy (non-hydrogen) atoms. The number of hydrogen-bond acceptors (Lipinski definition) is 4. The second kappa shape index (κ2) is 6.53. The molecule has 0 saturated carbocycles. The van der Waals surface area contributed by atoms with E-state index in [9.17, 15) is 8.42 Å². The summed E-state index contributed by atoms with van der Waals surface area (Å²) < 4.78 is 22.9. The van der Waals surface area contributed by atoms with Gasteiger partial charge in [-0.15, -0.1) is 0 Å². The highest BCUT2D eigenvalue weighted by molar-refractivity contribution is 7.91. The van der Waals surface area contributed by atoms with Crippen LogP contribution >= 0.6 is 0 Å². The van der Waals surface area contributed by atoms with Crippen molar-refractivity contribution in [3.63, 3.8) is 0 Å². The molecule has 0 unspecified atom stereocenters. The maximum Gasteiger partial charge on any atom is 0.151 e. The van der Waals surface area contributed by atoms with E-state index in [0.717, 1.165) is 38.8 Å². The van der Waals surface area contributed by atoms with Crippen LogP contribution in [0.4, 0.5) is 0 Å². The van der Waals surface area contributed by atoms with Gasteiger partial charge in [0.05, 0.1) is 23.0 Å². The zero-order valence-corrected chi connectivity index (χ0v) is 12.3. The minimum Gasteiger partial charge on any atom is -0.302 e. The Bertz CT molecular complexity index is 396. The van der Waals surface area contributed by atoms with Crippen LogP contribution in [0.3, 0.4) is 0 Å². The highest BCUT2D eigenvalue weighted by Crippen LogP contribution is 2.21. The summed E-state index contributed by atoms with van der Waals surface area (Å²) in [5.74, 6) is 0.641. The lowest BCUT2D eigenvalue weighted by Crippen LogP contribution is -2.28. The summed E-state index contributed by atoms with van der Waals surface area (Å²) in [5, 5.41) is 8.91. The summed E-state index contributed by atoms with van der Waals surface area (Å²) in [7, 11) is -2.79. The normalized spacial score (nSPS) is 21.2. The van der Waals surface area contributed by atoms with E-state index in [1.54, 1.807) is 0 Å². The molecule has 1 heterocycles. The number of sulfone groups is 1. The van der Waals surface area contributed by atoms with Crippen molar-refractivity contribution < 1.29 is 8.42 Å². The number of nitriles is 1. The van der Waals surface area contributed by atoms with Crippen molar-refractivity contribution in [3.05, 3.63) is 0 Å². The number of hydrogen-bond donors (Lipinski definition) is 0. The second-order valence-corrected chi connectivity index (χ2v) is 8.10. The van der Waals surface area contributed by atoms with E-state index < -0.39 is 9.84 Å². The second-order valence-electron chi connectivity index (χ2n) is 5.80. The van der Waals surface area contributed by atoms with Gasteiger partial charge in [0, 0.05) is 6.54 Å². The van der Waals surface area contributed by atoms with Crippen molar-refractivity contribution >= 4 is 9.84 Å². The maximum absolute atomic E-state index is 11.5. The number of unbranched alkanes of at least 4 members (excludes halogenated alkanes) is 1. The maximum atomic E-state index is 11.5.